The van der Waals surface area contributed by atoms with E-state index in [1.807, 2.05) is 45.0 Å². The van der Waals surface area contributed by atoms with E-state index in [1.165, 1.54) is 11.8 Å². The Bertz CT molecular complexity index is 837. The first kappa shape index (κ1) is 21.5. The largest absolute Gasteiger partial charge is 0.372 e. The van der Waals surface area contributed by atoms with Crippen molar-refractivity contribution in [3.05, 3.63) is 53.1 Å². The van der Waals surface area contributed by atoms with E-state index in [1.54, 1.807) is 0 Å². The highest BCUT2D eigenvalue weighted by atomic mass is 16.2. The summed E-state index contributed by atoms with van der Waals surface area (Å²) in [4.78, 5) is 28.6. The number of carbonyl (C=O) groups is 2. The van der Waals surface area contributed by atoms with Crippen molar-refractivity contribution in [2.75, 3.05) is 34.8 Å². The van der Waals surface area contributed by atoms with Crippen molar-refractivity contribution >= 4 is 28.9 Å². The lowest BCUT2D eigenvalue weighted by molar-refractivity contribution is -0.120. The molecule has 0 spiro atoms. The molecular formula is C23H31N3O2. The van der Waals surface area contributed by atoms with Crippen LogP contribution in [0.3, 0.4) is 0 Å². The van der Waals surface area contributed by atoms with Crippen LogP contribution in [-0.4, -0.2) is 31.4 Å². The van der Waals surface area contributed by atoms with Crippen molar-refractivity contribution in [2.24, 2.45) is 0 Å². The molecule has 5 heteroatoms. The molecule has 0 unspecified atom stereocenters. The Morgan fingerprint density at radius 2 is 1.54 bits per heavy atom. The van der Waals surface area contributed by atoms with E-state index in [2.05, 4.69) is 36.2 Å². The van der Waals surface area contributed by atoms with Gasteiger partial charge in [0.1, 0.15) is 6.54 Å². The monoisotopic (exact) mass is 381 g/mol. The molecule has 5 nitrogen and oxygen atoms in total. The molecule has 0 aromatic heterocycles. The molecular weight excluding hydrogens is 350 g/mol. The lowest BCUT2D eigenvalue weighted by Gasteiger charge is -2.26. The molecule has 2 amide bonds. The Balaban J connectivity index is 2.21. The van der Waals surface area contributed by atoms with Crippen molar-refractivity contribution < 1.29 is 9.59 Å². The molecule has 0 heterocycles. The third-order valence-electron chi connectivity index (χ3n) is 4.79. The average Bonchev–Trinajstić information content (AvgIpc) is 2.60. The molecule has 2 aromatic rings. The number of rotatable bonds is 7. The summed E-state index contributed by atoms with van der Waals surface area (Å²) >= 11 is 0. The number of anilines is 3. The first-order chi connectivity index (χ1) is 13.2. The Morgan fingerprint density at radius 1 is 0.929 bits per heavy atom. The third-order valence-corrected chi connectivity index (χ3v) is 4.79. The van der Waals surface area contributed by atoms with Gasteiger partial charge in [-0.1, -0.05) is 6.07 Å². The van der Waals surface area contributed by atoms with Crippen LogP contribution in [0.15, 0.2) is 36.4 Å². The quantitative estimate of drug-likeness (QED) is 0.771. The topological polar surface area (TPSA) is 52.6 Å². The molecule has 0 bridgehead atoms. The first-order valence-corrected chi connectivity index (χ1v) is 9.77. The molecule has 2 rings (SSSR count). The van der Waals surface area contributed by atoms with Gasteiger partial charge in [-0.25, -0.2) is 0 Å². The lowest BCUT2D eigenvalue weighted by atomic mass is 10.1. The summed E-state index contributed by atoms with van der Waals surface area (Å²) < 4.78 is 0. The van der Waals surface area contributed by atoms with Crippen LogP contribution in [0, 0.1) is 20.8 Å². The third kappa shape index (κ3) is 5.35. The van der Waals surface area contributed by atoms with Gasteiger partial charge in [-0.3, -0.25) is 9.59 Å². The average molecular weight is 382 g/mol. The Hall–Kier alpha value is -2.82. The highest BCUT2D eigenvalue weighted by molar-refractivity contribution is 6.02. The molecule has 0 atom stereocenters. The summed E-state index contributed by atoms with van der Waals surface area (Å²) in [6.45, 7) is 13.5. The maximum atomic E-state index is 12.6. The second-order valence-electron chi connectivity index (χ2n) is 7.17. The lowest BCUT2D eigenvalue weighted by Crippen LogP contribution is -2.37. The van der Waals surface area contributed by atoms with Crippen LogP contribution in [-0.2, 0) is 9.59 Å². The van der Waals surface area contributed by atoms with Gasteiger partial charge in [0.25, 0.3) is 0 Å². The van der Waals surface area contributed by atoms with Crippen molar-refractivity contribution in [1.29, 1.82) is 0 Å². The Kier molecular flexibility index (Phi) is 7.21. The minimum absolute atomic E-state index is 0.0201. The van der Waals surface area contributed by atoms with Gasteiger partial charge in [0, 0.05) is 37.1 Å². The number of aryl methyl sites for hydroxylation is 3. The zero-order valence-electron chi connectivity index (χ0n) is 17.8. The van der Waals surface area contributed by atoms with Gasteiger partial charge in [0.05, 0.1) is 0 Å². The molecule has 0 aliphatic rings. The number of amides is 2. The number of nitrogens with zero attached hydrogens (tertiary/aromatic N) is 2. The van der Waals surface area contributed by atoms with E-state index in [4.69, 9.17) is 0 Å². The zero-order valence-corrected chi connectivity index (χ0v) is 17.8. The van der Waals surface area contributed by atoms with Crippen LogP contribution >= 0.6 is 0 Å². The summed E-state index contributed by atoms with van der Waals surface area (Å²) in [5.74, 6) is -0.373. The minimum Gasteiger partial charge on any atom is -0.372 e. The van der Waals surface area contributed by atoms with E-state index in [0.29, 0.717) is 0 Å². The second-order valence-corrected chi connectivity index (χ2v) is 7.17. The number of carbonyl (C=O) groups excluding carboxylic acids is 2. The summed E-state index contributed by atoms with van der Waals surface area (Å²) in [5, 5.41) is 2.90. The maximum Gasteiger partial charge on any atom is 0.244 e. The highest BCUT2D eigenvalue weighted by Gasteiger charge is 2.18. The van der Waals surface area contributed by atoms with Gasteiger partial charge < -0.3 is 15.1 Å². The summed E-state index contributed by atoms with van der Waals surface area (Å²) in [6.07, 6.45) is 0. The SMILES string of the molecule is CCN(CC)c1ccc(N(CC(=O)Nc2cc(C)cc(C)c2)C(C)=O)c(C)c1. The molecule has 0 aliphatic heterocycles. The number of hydrogen-bond acceptors (Lipinski definition) is 3. The van der Waals surface area contributed by atoms with Crippen LogP contribution < -0.4 is 15.1 Å². The minimum atomic E-state index is -0.215. The first-order valence-electron chi connectivity index (χ1n) is 9.77. The number of nitrogens with one attached hydrogen (secondary N) is 1. The molecule has 1 N–H and O–H groups in total. The molecule has 0 fully saturated rings. The molecule has 0 saturated heterocycles. The van der Waals surface area contributed by atoms with Crippen LogP contribution in [0.4, 0.5) is 17.1 Å². The van der Waals surface area contributed by atoms with E-state index >= 15 is 0 Å². The van der Waals surface area contributed by atoms with Crippen LogP contribution in [0.25, 0.3) is 0 Å². The molecule has 150 valence electrons. The van der Waals surface area contributed by atoms with Crippen LogP contribution in [0.2, 0.25) is 0 Å². The van der Waals surface area contributed by atoms with Crippen molar-refractivity contribution in [1.82, 2.24) is 0 Å². The Labute approximate surface area is 168 Å². The van der Waals surface area contributed by atoms with Crippen LogP contribution in [0.1, 0.15) is 37.5 Å². The van der Waals surface area contributed by atoms with Gasteiger partial charge in [0.2, 0.25) is 11.8 Å². The highest BCUT2D eigenvalue weighted by Crippen LogP contribution is 2.26. The maximum absolute atomic E-state index is 12.6. The molecule has 2 aromatic carbocycles. The van der Waals surface area contributed by atoms with E-state index < -0.39 is 0 Å². The van der Waals surface area contributed by atoms with Gasteiger partial charge in [-0.15, -0.1) is 0 Å². The fourth-order valence-electron chi connectivity index (χ4n) is 3.49. The van der Waals surface area contributed by atoms with Gasteiger partial charge in [-0.05, 0) is 81.6 Å². The summed E-state index contributed by atoms with van der Waals surface area (Å²) in [5.41, 5.74) is 5.77. The fourth-order valence-corrected chi connectivity index (χ4v) is 3.49. The van der Waals surface area contributed by atoms with E-state index in [0.717, 1.165) is 46.8 Å². The zero-order chi connectivity index (χ0) is 20.8. The van der Waals surface area contributed by atoms with Crippen molar-refractivity contribution in [3.8, 4) is 0 Å². The van der Waals surface area contributed by atoms with Crippen LogP contribution in [0.5, 0.6) is 0 Å². The van der Waals surface area contributed by atoms with E-state index in [-0.39, 0.29) is 18.4 Å². The number of benzene rings is 2. The predicted molar refractivity (Wildman–Crippen MR) is 117 cm³/mol. The number of hydrogen-bond donors (Lipinski definition) is 1. The summed E-state index contributed by atoms with van der Waals surface area (Å²) in [7, 11) is 0. The standard InChI is InChI=1S/C23H31N3O2/c1-7-25(8-2)21-9-10-22(18(5)14-21)26(19(6)27)15-23(28)24-20-12-16(3)11-17(4)13-20/h9-14H,7-8,15H2,1-6H3,(H,24,28). The van der Waals surface area contributed by atoms with Crippen molar-refractivity contribution in [3.63, 3.8) is 0 Å². The predicted octanol–water partition coefficient (Wildman–Crippen LogP) is 4.45. The van der Waals surface area contributed by atoms with Gasteiger partial charge in [0.15, 0.2) is 0 Å². The smallest absolute Gasteiger partial charge is 0.244 e. The normalized spacial score (nSPS) is 10.5. The van der Waals surface area contributed by atoms with E-state index in [9.17, 15) is 9.59 Å². The second kappa shape index (κ2) is 9.40. The fraction of sp³-hybridized carbons (Fsp3) is 0.391. The van der Waals surface area contributed by atoms with Crippen molar-refractivity contribution in [2.45, 2.75) is 41.5 Å². The summed E-state index contributed by atoms with van der Waals surface area (Å²) in [6, 6.07) is 11.9. The Morgan fingerprint density at radius 3 is 2.04 bits per heavy atom. The molecule has 0 radical (unpaired) electrons. The van der Waals surface area contributed by atoms with Gasteiger partial charge >= 0.3 is 0 Å². The molecule has 0 saturated carbocycles. The van der Waals surface area contributed by atoms with Gasteiger partial charge in [-0.2, -0.15) is 0 Å². The molecule has 28 heavy (non-hydrogen) atoms. The molecule has 0 aliphatic carbocycles.